The molecule has 27 heavy (non-hydrogen) atoms. The molecule has 0 saturated carbocycles. The van der Waals surface area contributed by atoms with Crippen LogP contribution in [-0.4, -0.2) is 79.3 Å². The quantitative estimate of drug-likeness (QED) is 0.539. The van der Waals surface area contributed by atoms with Gasteiger partial charge in [-0.1, -0.05) is 27.2 Å². The van der Waals surface area contributed by atoms with E-state index < -0.39 is 0 Å². The molecule has 1 aromatic heterocycles. The number of ether oxygens (including phenoxy) is 3. The van der Waals surface area contributed by atoms with Crippen molar-refractivity contribution in [3.63, 3.8) is 0 Å². The molecule has 152 valence electrons. The number of anilines is 2. The zero-order valence-corrected chi connectivity index (χ0v) is 17.1. The van der Waals surface area contributed by atoms with Crippen molar-refractivity contribution in [1.82, 2.24) is 15.0 Å². The first kappa shape index (κ1) is 20.2. The number of unbranched alkanes of at least 4 members (excludes halogenated alkanes) is 1. The van der Waals surface area contributed by atoms with Crippen molar-refractivity contribution in [2.45, 2.75) is 58.8 Å². The van der Waals surface area contributed by atoms with E-state index in [-0.39, 0.29) is 12.2 Å². The van der Waals surface area contributed by atoms with Crippen LogP contribution in [0.2, 0.25) is 0 Å². The lowest BCUT2D eigenvalue weighted by Crippen LogP contribution is -2.35. The minimum Gasteiger partial charge on any atom is -0.371 e. The van der Waals surface area contributed by atoms with Gasteiger partial charge in [-0.3, -0.25) is 0 Å². The SMILES string of the molecule is CC.CCCCN(CC1CO1)c1nc(C)nc(N(CC2CO2)CC2CO2)n1. The van der Waals surface area contributed by atoms with Crippen LogP contribution >= 0.6 is 0 Å². The normalized spacial score (nSPS) is 24.7. The van der Waals surface area contributed by atoms with Gasteiger partial charge in [0.25, 0.3) is 0 Å². The fourth-order valence-corrected chi connectivity index (χ4v) is 2.85. The molecule has 0 aromatic carbocycles. The Morgan fingerprint density at radius 2 is 1.26 bits per heavy atom. The number of hydrogen-bond donors (Lipinski definition) is 0. The van der Waals surface area contributed by atoms with E-state index in [0.717, 1.165) is 76.6 Å². The zero-order chi connectivity index (χ0) is 19.2. The molecule has 0 bridgehead atoms. The summed E-state index contributed by atoms with van der Waals surface area (Å²) in [6.07, 6.45) is 3.14. The molecular formula is C19H33N5O3. The molecule has 8 nitrogen and oxygen atoms in total. The van der Waals surface area contributed by atoms with Gasteiger partial charge in [0.1, 0.15) is 5.82 Å². The Balaban J connectivity index is 0.00000102. The molecule has 3 unspecified atom stereocenters. The predicted octanol–water partition coefficient (Wildman–Crippen LogP) is 1.82. The van der Waals surface area contributed by atoms with Crippen LogP contribution in [0.25, 0.3) is 0 Å². The molecule has 4 rings (SSSR count). The zero-order valence-electron chi connectivity index (χ0n) is 17.1. The van der Waals surface area contributed by atoms with Gasteiger partial charge in [-0.2, -0.15) is 15.0 Å². The maximum atomic E-state index is 5.41. The summed E-state index contributed by atoms with van der Waals surface area (Å²) in [4.78, 5) is 18.4. The molecule has 3 atom stereocenters. The Labute approximate surface area is 162 Å². The van der Waals surface area contributed by atoms with Crippen molar-refractivity contribution < 1.29 is 14.2 Å². The number of aryl methyl sites for hydroxylation is 1. The van der Waals surface area contributed by atoms with Crippen LogP contribution in [0.1, 0.15) is 39.4 Å². The van der Waals surface area contributed by atoms with Crippen molar-refractivity contribution in [2.75, 3.05) is 55.8 Å². The summed E-state index contributed by atoms with van der Waals surface area (Å²) in [5.74, 6) is 2.23. The second-order valence-corrected chi connectivity index (χ2v) is 7.05. The maximum Gasteiger partial charge on any atom is 0.230 e. The fourth-order valence-electron chi connectivity index (χ4n) is 2.85. The number of nitrogens with zero attached hydrogens (tertiary/aromatic N) is 5. The van der Waals surface area contributed by atoms with Crippen molar-refractivity contribution in [1.29, 1.82) is 0 Å². The molecule has 8 heteroatoms. The summed E-state index contributed by atoms with van der Waals surface area (Å²) in [6.45, 7) is 14.0. The van der Waals surface area contributed by atoms with Crippen molar-refractivity contribution in [3.05, 3.63) is 5.82 Å². The smallest absolute Gasteiger partial charge is 0.230 e. The Bertz CT molecular complexity index is 577. The summed E-state index contributed by atoms with van der Waals surface area (Å²) in [7, 11) is 0. The van der Waals surface area contributed by atoms with Crippen LogP contribution in [0.15, 0.2) is 0 Å². The third-order valence-corrected chi connectivity index (χ3v) is 4.55. The number of epoxide rings is 3. The third kappa shape index (κ3) is 6.55. The second kappa shape index (κ2) is 9.61. The number of aromatic nitrogens is 3. The third-order valence-electron chi connectivity index (χ3n) is 4.55. The largest absolute Gasteiger partial charge is 0.371 e. The van der Waals surface area contributed by atoms with Crippen LogP contribution in [0.4, 0.5) is 11.9 Å². The van der Waals surface area contributed by atoms with Gasteiger partial charge >= 0.3 is 0 Å². The van der Waals surface area contributed by atoms with Crippen LogP contribution in [-0.2, 0) is 14.2 Å². The molecule has 0 N–H and O–H groups in total. The highest BCUT2D eigenvalue weighted by Crippen LogP contribution is 2.22. The standard InChI is InChI=1S/C17H27N5O3.C2H6/c1-3-4-5-21(6-13-9-23-13)16-18-12(2)19-17(20-16)22(7-14-10-24-14)8-15-11-25-15;1-2/h13-15H,3-11H2,1-2H3;1-2H3. The Kier molecular flexibility index (Phi) is 7.20. The lowest BCUT2D eigenvalue weighted by atomic mass is 10.3. The summed E-state index contributed by atoms with van der Waals surface area (Å²) in [5.41, 5.74) is 0. The van der Waals surface area contributed by atoms with E-state index in [2.05, 4.69) is 26.7 Å². The van der Waals surface area contributed by atoms with E-state index in [0.29, 0.717) is 6.10 Å². The van der Waals surface area contributed by atoms with Crippen molar-refractivity contribution in [2.24, 2.45) is 0 Å². The van der Waals surface area contributed by atoms with E-state index in [4.69, 9.17) is 19.2 Å². The summed E-state index contributed by atoms with van der Waals surface area (Å²) < 4.78 is 16.2. The van der Waals surface area contributed by atoms with Gasteiger partial charge in [0, 0.05) is 26.2 Å². The molecule has 3 aliphatic heterocycles. The van der Waals surface area contributed by atoms with E-state index in [1.54, 1.807) is 0 Å². The molecule has 0 radical (unpaired) electrons. The number of rotatable bonds is 11. The molecule has 3 saturated heterocycles. The van der Waals surface area contributed by atoms with Gasteiger partial charge in [-0.25, -0.2) is 0 Å². The topological polar surface area (TPSA) is 82.7 Å². The summed E-state index contributed by atoms with van der Waals surface area (Å²) >= 11 is 0. The minimum atomic E-state index is 0.287. The molecule has 3 aliphatic rings. The van der Waals surface area contributed by atoms with Gasteiger partial charge in [-0.05, 0) is 13.3 Å². The monoisotopic (exact) mass is 379 g/mol. The number of hydrogen-bond acceptors (Lipinski definition) is 8. The van der Waals surface area contributed by atoms with E-state index in [1.807, 2.05) is 20.8 Å². The summed E-state index contributed by atoms with van der Waals surface area (Å²) in [5, 5.41) is 0. The summed E-state index contributed by atoms with van der Waals surface area (Å²) in [6, 6.07) is 0. The van der Waals surface area contributed by atoms with Crippen molar-refractivity contribution in [3.8, 4) is 0 Å². The average Bonchev–Trinajstić information content (AvgIpc) is 3.52. The average molecular weight is 380 g/mol. The lowest BCUT2D eigenvalue weighted by molar-refractivity contribution is 0.387. The molecule has 0 spiro atoms. The maximum absolute atomic E-state index is 5.41. The minimum absolute atomic E-state index is 0.287. The molecule has 0 amide bonds. The second-order valence-electron chi connectivity index (χ2n) is 7.05. The van der Waals surface area contributed by atoms with Crippen molar-refractivity contribution >= 4 is 11.9 Å². The van der Waals surface area contributed by atoms with Crippen LogP contribution in [0, 0.1) is 6.92 Å². The van der Waals surface area contributed by atoms with Crippen LogP contribution in [0.3, 0.4) is 0 Å². The molecule has 0 aliphatic carbocycles. The van der Waals surface area contributed by atoms with Crippen LogP contribution in [0.5, 0.6) is 0 Å². The van der Waals surface area contributed by atoms with Gasteiger partial charge in [0.2, 0.25) is 11.9 Å². The Morgan fingerprint density at radius 1 is 0.815 bits per heavy atom. The van der Waals surface area contributed by atoms with E-state index >= 15 is 0 Å². The first-order chi connectivity index (χ1) is 13.2. The molecule has 1 aromatic rings. The van der Waals surface area contributed by atoms with E-state index in [1.165, 1.54) is 0 Å². The first-order valence-electron chi connectivity index (χ1n) is 10.3. The Hall–Kier alpha value is -1.51. The molecule has 4 heterocycles. The lowest BCUT2D eigenvalue weighted by Gasteiger charge is -2.25. The fraction of sp³-hybridized carbons (Fsp3) is 0.842. The highest BCUT2D eigenvalue weighted by atomic mass is 16.6. The van der Waals surface area contributed by atoms with Gasteiger partial charge in [0.05, 0.1) is 38.1 Å². The van der Waals surface area contributed by atoms with Gasteiger partial charge < -0.3 is 24.0 Å². The molecular weight excluding hydrogens is 346 g/mol. The van der Waals surface area contributed by atoms with Gasteiger partial charge in [-0.15, -0.1) is 0 Å². The first-order valence-corrected chi connectivity index (χ1v) is 10.3. The highest BCUT2D eigenvalue weighted by Gasteiger charge is 2.33. The van der Waals surface area contributed by atoms with Crippen LogP contribution < -0.4 is 9.80 Å². The molecule has 3 fully saturated rings. The Morgan fingerprint density at radius 3 is 1.70 bits per heavy atom. The van der Waals surface area contributed by atoms with E-state index in [9.17, 15) is 0 Å². The van der Waals surface area contributed by atoms with Gasteiger partial charge in [0.15, 0.2) is 0 Å². The highest BCUT2D eigenvalue weighted by molar-refractivity contribution is 5.40. The predicted molar refractivity (Wildman–Crippen MR) is 104 cm³/mol.